The Morgan fingerprint density at radius 3 is 2.25 bits per heavy atom. The third kappa shape index (κ3) is 2.65. The summed E-state index contributed by atoms with van der Waals surface area (Å²) in [7, 11) is 0. The molecule has 0 atom stereocenters. The minimum atomic E-state index is 0.616. The predicted molar refractivity (Wildman–Crippen MR) is 99.1 cm³/mol. The van der Waals surface area contributed by atoms with Crippen LogP contribution in [0.4, 0.5) is 17.2 Å². The number of rotatable bonds is 3. The predicted octanol–water partition coefficient (Wildman–Crippen LogP) is 4.62. The van der Waals surface area contributed by atoms with Crippen molar-refractivity contribution in [3.8, 4) is 11.4 Å². The van der Waals surface area contributed by atoms with Crippen molar-refractivity contribution in [1.82, 2.24) is 9.97 Å². The van der Waals surface area contributed by atoms with Crippen LogP contribution in [0.15, 0.2) is 78.9 Å². The van der Waals surface area contributed by atoms with Crippen LogP contribution in [0.1, 0.15) is 0 Å². The highest BCUT2D eigenvalue weighted by Gasteiger charge is 2.11. The molecular weight excluding hydrogens is 296 g/mol. The SMILES string of the molecule is Nc1ccccc1-c1nc(Nc2ccccc2)c2ccccc2n1. The fourth-order valence-electron chi connectivity index (χ4n) is 2.65. The molecule has 0 saturated heterocycles. The normalized spacial score (nSPS) is 10.7. The van der Waals surface area contributed by atoms with Crippen LogP contribution in [-0.4, -0.2) is 9.97 Å². The molecule has 1 heterocycles. The molecule has 0 aliphatic rings. The Morgan fingerprint density at radius 1 is 0.708 bits per heavy atom. The van der Waals surface area contributed by atoms with Gasteiger partial charge in [-0.1, -0.05) is 42.5 Å². The molecule has 3 aromatic carbocycles. The lowest BCUT2D eigenvalue weighted by atomic mass is 10.1. The van der Waals surface area contributed by atoms with Crippen LogP contribution >= 0.6 is 0 Å². The van der Waals surface area contributed by atoms with Gasteiger partial charge in [0, 0.05) is 22.3 Å². The summed E-state index contributed by atoms with van der Waals surface area (Å²) in [5.41, 5.74) is 9.46. The lowest BCUT2D eigenvalue weighted by molar-refractivity contribution is 1.22. The average molecular weight is 312 g/mol. The van der Waals surface area contributed by atoms with E-state index in [1.165, 1.54) is 0 Å². The van der Waals surface area contributed by atoms with Gasteiger partial charge in [0.05, 0.1) is 5.52 Å². The van der Waals surface area contributed by atoms with Gasteiger partial charge in [0.2, 0.25) is 0 Å². The van der Waals surface area contributed by atoms with E-state index >= 15 is 0 Å². The molecule has 0 aliphatic carbocycles. The lowest BCUT2D eigenvalue weighted by Gasteiger charge is -2.12. The van der Waals surface area contributed by atoms with E-state index in [2.05, 4.69) is 10.3 Å². The van der Waals surface area contributed by atoms with Gasteiger partial charge in [-0.15, -0.1) is 0 Å². The highest BCUT2D eigenvalue weighted by molar-refractivity contribution is 5.92. The number of fused-ring (bicyclic) bond motifs is 1. The molecule has 0 bridgehead atoms. The van der Waals surface area contributed by atoms with Crippen LogP contribution in [0.2, 0.25) is 0 Å². The minimum absolute atomic E-state index is 0.616. The first kappa shape index (κ1) is 14.2. The molecule has 0 saturated carbocycles. The van der Waals surface area contributed by atoms with Crippen LogP contribution in [0.5, 0.6) is 0 Å². The van der Waals surface area contributed by atoms with Gasteiger partial charge >= 0.3 is 0 Å². The van der Waals surface area contributed by atoms with E-state index in [1.807, 2.05) is 78.9 Å². The molecule has 0 amide bonds. The van der Waals surface area contributed by atoms with Gasteiger partial charge in [-0.2, -0.15) is 0 Å². The maximum absolute atomic E-state index is 6.10. The van der Waals surface area contributed by atoms with Gasteiger partial charge in [0.15, 0.2) is 5.82 Å². The number of hydrogen-bond donors (Lipinski definition) is 2. The number of anilines is 3. The summed E-state index contributed by atoms with van der Waals surface area (Å²) in [6.07, 6.45) is 0. The van der Waals surface area contributed by atoms with E-state index in [9.17, 15) is 0 Å². The topological polar surface area (TPSA) is 63.8 Å². The van der Waals surface area contributed by atoms with Gasteiger partial charge in [-0.05, 0) is 36.4 Å². The van der Waals surface area contributed by atoms with Crippen LogP contribution in [-0.2, 0) is 0 Å². The van der Waals surface area contributed by atoms with Gasteiger partial charge < -0.3 is 11.1 Å². The molecule has 1 aromatic heterocycles. The Morgan fingerprint density at radius 2 is 1.42 bits per heavy atom. The summed E-state index contributed by atoms with van der Waals surface area (Å²) in [6.45, 7) is 0. The first-order valence-electron chi connectivity index (χ1n) is 7.75. The smallest absolute Gasteiger partial charge is 0.164 e. The van der Waals surface area contributed by atoms with Gasteiger partial charge in [-0.3, -0.25) is 0 Å². The van der Waals surface area contributed by atoms with Crippen molar-refractivity contribution in [2.45, 2.75) is 0 Å². The summed E-state index contributed by atoms with van der Waals surface area (Å²) < 4.78 is 0. The molecule has 0 aliphatic heterocycles. The van der Waals surface area contributed by atoms with Crippen molar-refractivity contribution >= 4 is 28.1 Å². The van der Waals surface area contributed by atoms with Crippen molar-refractivity contribution in [3.63, 3.8) is 0 Å². The maximum atomic E-state index is 6.10. The number of benzene rings is 3. The molecule has 4 rings (SSSR count). The summed E-state index contributed by atoms with van der Waals surface area (Å²) in [4.78, 5) is 9.40. The molecule has 0 fully saturated rings. The number of para-hydroxylation sites is 3. The van der Waals surface area contributed by atoms with Crippen LogP contribution < -0.4 is 11.1 Å². The van der Waals surface area contributed by atoms with Crippen molar-refractivity contribution in [2.24, 2.45) is 0 Å². The Balaban J connectivity index is 1.90. The van der Waals surface area contributed by atoms with E-state index < -0.39 is 0 Å². The highest BCUT2D eigenvalue weighted by atomic mass is 15.0. The Hall–Kier alpha value is -3.40. The Bertz CT molecular complexity index is 997. The monoisotopic (exact) mass is 312 g/mol. The summed E-state index contributed by atoms with van der Waals surface area (Å²) in [6, 6.07) is 25.6. The van der Waals surface area contributed by atoms with Crippen LogP contribution in [0.3, 0.4) is 0 Å². The number of nitrogens with zero attached hydrogens (tertiary/aromatic N) is 2. The van der Waals surface area contributed by atoms with E-state index in [4.69, 9.17) is 10.7 Å². The first-order chi connectivity index (χ1) is 11.8. The third-order valence-corrected chi connectivity index (χ3v) is 3.84. The van der Waals surface area contributed by atoms with Crippen molar-refractivity contribution in [1.29, 1.82) is 0 Å². The number of nitrogens with two attached hydrogens (primary N) is 1. The fourth-order valence-corrected chi connectivity index (χ4v) is 2.65. The zero-order chi connectivity index (χ0) is 16.4. The van der Waals surface area contributed by atoms with Gasteiger partial charge in [0.1, 0.15) is 5.82 Å². The molecule has 3 N–H and O–H groups in total. The molecule has 24 heavy (non-hydrogen) atoms. The molecule has 0 spiro atoms. The molecule has 116 valence electrons. The maximum Gasteiger partial charge on any atom is 0.164 e. The highest BCUT2D eigenvalue weighted by Crippen LogP contribution is 2.29. The molecule has 0 radical (unpaired) electrons. The number of nitrogen functional groups attached to an aromatic ring is 1. The van der Waals surface area contributed by atoms with E-state index in [1.54, 1.807) is 0 Å². The zero-order valence-electron chi connectivity index (χ0n) is 13.0. The van der Waals surface area contributed by atoms with Crippen LogP contribution in [0.25, 0.3) is 22.3 Å². The van der Waals surface area contributed by atoms with Crippen LogP contribution in [0, 0.1) is 0 Å². The number of hydrogen-bond acceptors (Lipinski definition) is 4. The zero-order valence-corrected chi connectivity index (χ0v) is 13.0. The summed E-state index contributed by atoms with van der Waals surface area (Å²) in [5, 5.41) is 4.36. The second-order valence-corrected chi connectivity index (χ2v) is 5.49. The van der Waals surface area contributed by atoms with Crippen molar-refractivity contribution in [2.75, 3.05) is 11.1 Å². The lowest BCUT2D eigenvalue weighted by Crippen LogP contribution is -2.00. The Kier molecular flexibility index (Phi) is 3.56. The molecule has 0 unspecified atom stereocenters. The molecule has 4 nitrogen and oxygen atoms in total. The van der Waals surface area contributed by atoms with E-state index in [-0.39, 0.29) is 0 Å². The fraction of sp³-hybridized carbons (Fsp3) is 0. The van der Waals surface area contributed by atoms with Gasteiger partial charge in [0.25, 0.3) is 0 Å². The largest absolute Gasteiger partial charge is 0.398 e. The molecule has 4 aromatic rings. The van der Waals surface area contributed by atoms with E-state index in [0.29, 0.717) is 11.5 Å². The first-order valence-corrected chi connectivity index (χ1v) is 7.75. The molecular formula is C20H16N4. The number of nitrogens with one attached hydrogen (secondary N) is 1. The van der Waals surface area contributed by atoms with Gasteiger partial charge in [-0.25, -0.2) is 9.97 Å². The molecule has 4 heteroatoms. The summed E-state index contributed by atoms with van der Waals surface area (Å²) >= 11 is 0. The summed E-state index contributed by atoms with van der Waals surface area (Å²) in [5.74, 6) is 1.38. The van der Waals surface area contributed by atoms with E-state index in [0.717, 1.165) is 28.0 Å². The second-order valence-electron chi connectivity index (χ2n) is 5.49. The minimum Gasteiger partial charge on any atom is -0.398 e. The average Bonchev–Trinajstić information content (AvgIpc) is 2.63. The quantitative estimate of drug-likeness (QED) is 0.542. The third-order valence-electron chi connectivity index (χ3n) is 3.84. The standard InChI is InChI=1S/C20H16N4/c21-17-12-6-4-10-15(17)19-23-18-13-7-5-11-16(18)20(24-19)22-14-8-2-1-3-9-14/h1-13H,21H2,(H,22,23,24). The van der Waals surface area contributed by atoms with Crippen molar-refractivity contribution < 1.29 is 0 Å². The Labute approximate surface area is 140 Å². The number of aromatic nitrogens is 2. The van der Waals surface area contributed by atoms with Crippen molar-refractivity contribution in [3.05, 3.63) is 78.9 Å². The second kappa shape index (κ2) is 6.01.